The Morgan fingerprint density at radius 3 is 2.91 bits per heavy atom. The van der Waals surface area contributed by atoms with Gasteiger partial charge in [-0.25, -0.2) is 0 Å². The Morgan fingerprint density at radius 2 is 2.22 bits per heavy atom. The fourth-order valence-corrected chi connectivity index (χ4v) is 3.18. The molecule has 1 heterocycles. The van der Waals surface area contributed by atoms with E-state index in [0.29, 0.717) is 18.2 Å². The number of hydrogen-bond donors (Lipinski definition) is 1. The first kappa shape index (κ1) is 17.8. The molecule has 0 spiro atoms. The molecule has 1 atom stereocenters. The summed E-state index contributed by atoms with van der Waals surface area (Å²) in [4.78, 5) is 14.8. The first-order valence-corrected chi connectivity index (χ1v) is 8.87. The molecule has 0 radical (unpaired) electrons. The molecular weight excluding hydrogens is 288 g/mol. The summed E-state index contributed by atoms with van der Waals surface area (Å²) in [5, 5.41) is 3.03. The smallest absolute Gasteiger partial charge is 0.251 e. The van der Waals surface area contributed by atoms with Crippen LogP contribution in [0.4, 0.5) is 0 Å². The zero-order valence-electron chi connectivity index (χ0n) is 14.7. The van der Waals surface area contributed by atoms with Crippen LogP contribution in [0.15, 0.2) is 18.2 Å². The maximum atomic E-state index is 12.2. The molecule has 1 saturated heterocycles. The van der Waals surface area contributed by atoms with Crippen LogP contribution in [-0.4, -0.2) is 43.1 Å². The summed E-state index contributed by atoms with van der Waals surface area (Å²) in [6.07, 6.45) is 4.97. The largest absolute Gasteiger partial charge is 0.494 e. The lowest BCUT2D eigenvalue weighted by molar-refractivity contribution is 0.0948. The molecule has 1 aromatic rings. The number of carbonyl (C=O) groups is 1. The summed E-state index contributed by atoms with van der Waals surface area (Å²) < 4.78 is 5.51. The van der Waals surface area contributed by atoms with Crippen LogP contribution in [0.1, 0.15) is 55.5 Å². The standard InChI is InChI=1S/C19H30N2O2/c1-4-23-18-10-9-17(14-15(18)2)19(22)20-11-7-13-21-12-6-5-8-16(21)3/h9-10,14,16H,4-8,11-13H2,1-3H3,(H,20,22). The van der Waals surface area contributed by atoms with E-state index in [1.807, 2.05) is 32.0 Å². The van der Waals surface area contributed by atoms with Crippen molar-refractivity contribution in [1.29, 1.82) is 0 Å². The van der Waals surface area contributed by atoms with Gasteiger partial charge in [-0.05, 0) is 70.3 Å². The molecule has 1 N–H and O–H groups in total. The molecule has 2 rings (SSSR count). The SMILES string of the molecule is CCOc1ccc(C(=O)NCCCN2CCCCC2C)cc1C. The van der Waals surface area contributed by atoms with Gasteiger partial charge >= 0.3 is 0 Å². The molecule has 128 valence electrons. The van der Waals surface area contributed by atoms with Crippen LogP contribution in [0, 0.1) is 6.92 Å². The van der Waals surface area contributed by atoms with Gasteiger partial charge in [0.2, 0.25) is 0 Å². The maximum absolute atomic E-state index is 12.2. The van der Waals surface area contributed by atoms with Crippen molar-refractivity contribution in [2.45, 2.75) is 52.5 Å². The lowest BCUT2D eigenvalue weighted by atomic mass is 10.0. The highest BCUT2D eigenvalue weighted by Gasteiger charge is 2.17. The molecule has 4 heteroatoms. The van der Waals surface area contributed by atoms with E-state index in [1.165, 1.54) is 25.8 Å². The minimum atomic E-state index is 0.00263. The third-order valence-corrected chi connectivity index (χ3v) is 4.59. The summed E-state index contributed by atoms with van der Waals surface area (Å²) in [5.74, 6) is 0.853. The Kier molecular flexibility index (Phi) is 6.90. The van der Waals surface area contributed by atoms with Crippen LogP contribution in [0.3, 0.4) is 0 Å². The van der Waals surface area contributed by atoms with E-state index in [1.54, 1.807) is 0 Å². The van der Waals surface area contributed by atoms with Crippen molar-refractivity contribution in [2.24, 2.45) is 0 Å². The number of nitrogens with one attached hydrogen (secondary N) is 1. The number of ether oxygens (including phenoxy) is 1. The summed E-state index contributed by atoms with van der Waals surface area (Å²) in [5.41, 5.74) is 1.71. The van der Waals surface area contributed by atoms with E-state index < -0.39 is 0 Å². The highest BCUT2D eigenvalue weighted by atomic mass is 16.5. The van der Waals surface area contributed by atoms with Crippen molar-refractivity contribution in [1.82, 2.24) is 10.2 Å². The fraction of sp³-hybridized carbons (Fsp3) is 0.632. The molecule has 1 aliphatic heterocycles. The molecule has 1 fully saturated rings. The third kappa shape index (κ3) is 5.24. The van der Waals surface area contributed by atoms with E-state index in [-0.39, 0.29) is 5.91 Å². The van der Waals surface area contributed by atoms with Gasteiger partial charge in [-0.2, -0.15) is 0 Å². The van der Waals surface area contributed by atoms with Gasteiger partial charge < -0.3 is 15.0 Å². The van der Waals surface area contributed by atoms with Crippen LogP contribution in [0.5, 0.6) is 5.75 Å². The number of benzene rings is 1. The molecule has 1 unspecified atom stereocenters. The topological polar surface area (TPSA) is 41.6 Å². The van der Waals surface area contributed by atoms with Crippen molar-refractivity contribution >= 4 is 5.91 Å². The monoisotopic (exact) mass is 318 g/mol. The predicted octanol–water partition coefficient (Wildman–Crippen LogP) is 3.39. The van der Waals surface area contributed by atoms with Gasteiger partial charge in [0.25, 0.3) is 5.91 Å². The van der Waals surface area contributed by atoms with E-state index in [0.717, 1.165) is 30.8 Å². The molecule has 23 heavy (non-hydrogen) atoms. The lowest BCUT2D eigenvalue weighted by Crippen LogP contribution is -2.39. The van der Waals surface area contributed by atoms with Gasteiger partial charge in [0.15, 0.2) is 0 Å². The van der Waals surface area contributed by atoms with Gasteiger partial charge in [0.1, 0.15) is 5.75 Å². The second-order valence-corrected chi connectivity index (χ2v) is 6.40. The fourth-order valence-electron chi connectivity index (χ4n) is 3.18. The molecule has 4 nitrogen and oxygen atoms in total. The first-order valence-electron chi connectivity index (χ1n) is 8.87. The van der Waals surface area contributed by atoms with Gasteiger partial charge in [-0.15, -0.1) is 0 Å². The van der Waals surface area contributed by atoms with Crippen LogP contribution in [0.2, 0.25) is 0 Å². The summed E-state index contributed by atoms with van der Waals surface area (Å²) in [7, 11) is 0. The van der Waals surface area contributed by atoms with Crippen LogP contribution >= 0.6 is 0 Å². The van der Waals surface area contributed by atoms with Crippen molar-refractivity contribution in [3.63, 3.8) is 0 Å². The first-order chi connectivity index (χ1) is 11.1. The van der Waals surface area contributed by atoms with E-state index in [4.69, 9.17) is 4.74 Å². The number of piperidine rings is 1. The molecule has 0 saturated carbocycles. The quantitative estimate of drug-likeness (QED) is 0.784. The predicted molar refractivity (Wildman–Crippen MR) is 94.2 cm³/mol. The van der Waals surface area contributed by atoms with Gasteiger partial charge in [0.05, 0.1) is 6.61 Å². The van der Waals surface area contributed by atoms with Gasteiger partial charge in [-0.1, -0.05) is 6.42 Å². The van der Waals surface area contributed by atoms with Crippen molar-refractivity contribution in [3.05, 3.63) is 29.3 Å². The number of amides is 1. The highest BCUT2D eigenvalue weighted by Crippen LogP contribution is 2.19. The van der Waals surface area contributed by atoms with E-state index in [2.05, 4.69) is 17.1 Å². The molecular formula is C19H30N2O2. The second kappa shape index (κ2) is 8.92. The van der Waals surface area contributed by atoms with Crippen molar-refractivity contribution in [3.8, 4) is 5.75 Å². The summed E-state index contributed by atoms with van der Waals surface area (Å²) in [6.45, 7) is 9.88. The van der Waals surface area contributed by atoms with Crippen LogP contribution in [0.25, 0.3) is 0 Å². The minimum absolute atomic E-state index is 0.00263. The number of hydrogen-bond acceptors (Lipinski definition) is 3. The summed E-state index contributed by atoms with van der Waals surface area (Å²) in [6, 6.07) is 6.30. The normalized spacial score (nSPS) is 18.7. The average molecular weight is 318 g/mol. The Morgan fingerprint density at radius 1 is 1.39 bits per heavy atom. The lowest BCUT2D eigenvalue weighted by Gasteiger charge is -2.33. The van der Waals surface area contributed by atoms with Gasteiger partial charge in [0, 0.05) is 24.7 Å². The van der Waals surface area contributed by atoms with Crippen LogP contribution in [-0.2, 0) is 0 Å². The Labute approximate surface area is 140 Å². The molecule has 1 aromatic carbocycles. The number of aryl methyl sites for hydroxylation is 1. The number of carbonyl (C=O) groups excluding carboxylic acids is 1. The molecule has 0 aliphatic carbocycles. The Hall–Kier alpha value is -1.55. The average Bonchev–Trinajstić information content (AvgIpc) is 2.55. The molecule has 0 aromatic heterocycles. The van der Waals surface area contributed by atoms with E-state index in [9.17, 15) is 4.79 Å². The third-order valence-electron chi connectivity index (χ3n) is 4.59. The van der Waals surface area contributed by atoms with Crippen molar-refractivity contribution < 1.29 is 9.53 Å². The summed E-state index contributed by atoms with van der Waals surface area (Å²) >= 11 is 0. The maximum Gasteiger partial charge on any atom is 0.251 e. The minimum Gasteiger partial charge on any atom is -0.494 e. The van der Waals surface area contributed by atoms with Crippen LogP contribution < -0.4 is 10.1 Å². The number of likely N-dealkylation sites (tertiary alicyclic amines) is 1. The molecule has 1 aliphatic rings. The van der Waals surface area contributed by atoms with Crippen molar-refractivity contribution in [2.75, 3.05) is 26.2 Å². The Bertz CT molecular complexity index is 516. The second-order valence-electron chi connectivity index (χ2n) is 6.40. The number of nitrogens with zero attached hydrogens (tertiary/aromatic N) is 1. The highest BCUT2D eigenvalue weighted by molar-refractivity contribution is 5.94. The van der Waals surface area contributed by atoms with E-state index >= 15 is 0 Å². The van der Waals surface area contributed by atoms with Gasteiger partial charge in [-0.3, -0.25) is 4.79 Å². The zero-order valence-corrected chi connectivity index (χ0v) is 14.7. The Balaban J connectivity index is 1.75. The molecule has 1 amide bonds. The zero-order chi connectivity index (χ0) is 16.7. The molecule has 0 bridgehead atoms. The number of rotatable bonds is 7.